The van der Waals surface area contributed by atoms with Crippen molar-refractivity contribution in [2.45, 2.75) is 26.2 Å². The average Bonchev–Trinajstić information content (AvgIpc) is 2.34. The molecule has 10 heavy (non-hydrogen) atoms. The van der Waals surface area contributed by atoms with Crippen LogP contribution in [0, 0.1) is 0 Å². The standard InChI is InChI=1S/C8H12O2/c1-7(9)6-10-8-4-2-3-5-8/h4H,2-3,5-6H2,1H3. The van der Waals surface area contributed by atoms with Gasteiger partial charge >= 0.3 is 0 Å². The Morgan fingerprint density at radius 1 is 1.80 bits per heavy atom. The molecule has 1 rings (SSSR count). The third kappa shape index (κ3) is 2.21. The van der Waals surface area contributed by atoms with Crippen molar-refractivity contribution in [1.29, 1.82) is 0 Å². The highest BCUT2D eigenvalue weighted by atomic mass is 16.5. The van der Waals surface area contributed by atoms with Crippen molar-refractivity contribution in [3.63, 3.8) is 0 Å². The van der Waals surface area contributed by atoms with E-state index in [0.29, 0.717) is 0 Å². The summed E-state index contributed by atoms with van der Waals surface area (Å²) in [5.74, 6) is 1.09. The van der Waals surface area contributed by atoms with Gasteiger partial charge in [0.1, 0.15) is 6.61 Å². The van der Waals surface area contributed by atoms with E-state index in [1.807, 2.05) is 0 Å². The molecule has 0 aromatic heterocycles. The van der Waals surface area contributed by atoms with Gasteiger partial charge in [0, 0.05) is 6.42 Å². The second kappa shape index (κ2) is 3.40. The minimum Gasteiger partial charge on any atom is -0.491 e. The molecule has 0 atom stereocenters. The first-order valence-corrected chi connectivity index (χ1v) is 3.60. The van der Waals surface area contributed by atoms with Gasteiger partial charge in [-0.05, 0) is 25.8 Å². The van der Waals surface area contributed by atoms with Crippen LogP contribution in [0.15, 0.2) is 11.8 Å². The number of carbonyl (C=O) groups excluding carboxylic acids is 1. The monoisotopic (exact) mass is 140 g/mol. The van der Waals surface area contributed by atoms with E-state index >= 15 is 0 Å². The Morgan fingerprint density at radius 3 is 3.10 bits per heavy atom. The molecule has 0 aromatic rings. The summed E-state index contributed by atoms with van der Waals surface area (Å²) in [6.07, 6.45) is 5.34. The summed E-state index contributed by atoms with van der Waals surface area (Å²) >= 11 is 0. The van der Waals surface area contributed by atoms with Crippen LogP contribution in [0.2, 0.25) is 0 Å². The fourth-order valence-corrected chi connectivity index (χ4v) is 0.967. The third-order valence-electron chi connectivity index (χ3n) is 1.46. The van der Waals surface area contributed by atoms with E-state index in [9.17, 15) is 4.79 Å². The van der Waals surface area contributed by atoms with Gasteiger partial charge in [0.05, 0.1) is 5.76 Å². The van der Waals surface area contributed by atoms with Crippen LogP contribution in [0.4, 0.5) is 0 Å². The quantitative estimate of drug-likeness (QED) is 0.596. The first kappa shape index (κ1) is 7.32. The van der Waals surface area contributed by atoms with Crippen LogP contribution in [0.1, 0.15) is 26.2 Å². The maximum atomic E-state index is 10.4. The molecule has 1 aliphatic rings. The molecule has 0 fully saturated rings. The van der Waals surface area contributed by atoms with Gasteiger partial charge in [-0.3, -0.25) is 4.79 Å². The number of allylic oxidation sites excluding steroid dienone is 2. The van der Waals surface area contributed by atoms with Crippen molar-refractivity contribution >= 4 is 5.78 Å². The minimum atomic E-state index is 0.0906. The molecule has 0 N–H and O–H groups in total. The molecule has 0 saturated carbocycles. The second-order valence-corrected chi connectivity index (χ2v) is 2.55. The van der Waals surface area contributed by atoms with Crippen LogP contribution in [-0.2, 0) is 9.53 Å². The van der Waals surface area contributed by atoms with Crippen LogP contribution in [0.25, 0.3) is 0 Å². The normalized spacial score (nSPS) is 16.7. The number of ether oxygens (including phenoxy) is 1. The largest absolute Gasteiger partial charge is 0.491 e. The predicted octanol–water partition coefficient (Wildman–Crippen LogP) is 1.66. The van der Waals surface area contributed by atoms with Gasteiger partial charge in [-0.25, -0.2) is 0 Å². The van der Waals surface area contributed by atoms with Gasteiger partial charge in [-0.2, -0.15) is 0 Å². The lowest BCUT2D eigenvalue weighted by atomic mass is 10.3. The van der Waals surface area contributed by atoms with E-state index in [0.717, 1.165) is 18.6 Å². The van der Waals surface area contributed by atoms with Crippen molar-refractivity contribution in [2.75, 3.05) is 6.61 Å². The predicted molar refractivity (Wildman–Crippen MR) is 38.6 cm³/mol. The molecule has 2 heteroatoms. The summed E-state index contributed by atoms with van der Waals surface area (Å²) in [5, 5.41) is 0. The van der Waals surface area contributed by atoms with Crippen molar-refractivity contribution in [3.05, 3.63) is 11.8 Å². The van der Waals surface area contributed by atoms with E-state index in [1.165, 1.54) is 13.3 Å². The van der Waals surface area contributed by atoms with E-state index < -0.39 is 0 Å². The summed E-state index contributed by atoms with van der Waals surface area (Å²) in [6, 6.07) is 0. The highest BCUT2D eigenvalue weighted by molar-refractivity contribution is 5.76. The summed E-state index contributed by atoms with van der Waals surface area (Å²) in [4.78, 5) is 10.4. The molecule has 2 nitrogen and oxygen atoms in total. The van der Waals surface area contributed by atoms with Crippen LogP contribution in [0.3, 0.4) is 0 Å². The van der Waals surface area contributed by atoms with Gasteiger partial charge in [0.15, 0.2) is 5.78 Å². The van der Waals surface area contributed by atoms with E-state index in [2.05, 4.69) is 6.08 Å². The maximum Gasteiger partial charge on any atom is 0.167 e. The molecule has 0 saturated heterocycles. The van der Waals surface area contributed by atoms with Crippen molar-refractivity contribution < 1.29 is 9.53 Å². The summed E-state index contributed by atoms with van der Waals surface area (Å²) < 4.78 is 5.18. The molecule has 1 aliphatic carbocycles. The molecule has 0 heterocycles. The zero-order valence-electron chi connectivity index (χ0n) is 6.22. The topological polar surface area (TPSA) is 26.3 Å². The number of carbonyl (C=O) groups is 1. The SMILES string of the molecule is CC(=O)COC1=CCCC1. The molecule has 0 unspecified atom stereocenters. The van der Waals surface area contributed by atoms with Crippen LogP contribution < -0.4 is 0 Å². The summed E-state index contributed by atoms with van der Waals surface area (Å²) in [6.45, 7) is 1.78. The van der Waals surface area contributed by atoms with Gasteiger partial charge in [0.2, 0.25) is 0 Å². The minimum absolute atomic E-state index is 0.0906. The smallest absolute Gasteiger partial charge is 0.167 e. The van der Waals surface area contributed by atoms with Crippen molar-refractivity contribution in [1.82, 2.24) is 0 Å². The molecule has 0 amide bonds. The third-order valence-corrected chi connectivity index (χ3v) is 1.46. The molecule has 0 aliphatic heterocycles. The molecule has 0 aromatic carbocycles. The second-order valence-electron chi connectivity index (χ2n) is 2.55. The number of hydrogen-bond donors (Lipinski definition) is 0. The number of rotatable bonds is 3. The Balaban J connectivity index is 2.19. The Hall–Kier alpha value is -0.790. The first-order chi connectivity index (χ1) is 4.79. The fraction of sp³-hybridized carbons (Fsp3) is 0.625. The van der Waals surface area contributed by atoms with Crippen LogP contribution in [-0.4, -0.2) is 12.4 Å². The van der Waals surface area contributed by atoms with Crippen molar-refractivity contribution in [2.24, 2.45) is 0 Å². The Bertz CT molecular complexity index is 159. The van der Waals surface area contributed by atoms with Crippen LogP contribution in [0.5, 0.6) is 0 Å². The summed E-state index contributed by atoms with van der Waals surface area (Å²) in [5.41, 5.74) is 0. The van der Waals surface area contributed by atoms with Gasteiger partial charge in [-0.1, -0.05) is 0 Å². The molecule has 0 radical (unpaired) electrons. The molecule has 0 spiro atoms. The van der Waals surface area contributed by atoms with Gasteiger partial charge < -0.3 is 4.74 Å². The summed E-state index contributed by atoms with van der Waals surface area (Å²) in [7, 11) is 0. The number of ketones is 1. The number of Topliss-reactive ketones (excluding diaryl/α,β-unsaturated/α-hetero) is 1. The highest BCUT2D eigenvalue weighted by Gasteiger charge is 2.05. The molecular formula is C8H12O2. The number of hydrogen-bond acceptors (Lipinski definition) is 2. The average molecular weight is 140 g/mol. The molecular weight excluding hydrogens is 128 g/mol. The van der Waals surface area contributed by atoms with E-state index in [1.54, 1.807) is 0 Å². The van der Waals surface area contributed by atoms with Gasteiger partial charge in [-0.15, -0.1) is 0 Å². The highest BCUT2D eigenvalue weighted by Crippen LogP contribution is 2.17. The Morgan fingerprint density at radius 2 is 2.60 bits per heavy atom. The van der Waals surface area contributed by atoms with E-state index in [-0.39, 0.29) is 12.4 Å². The lowest BCUT2D eigenvalue weighted by molar-refractivity contribution is -0.120. The Kier molecular flexibility index (Phi) is 2.49. The van der Waals surface area contributed by atoms with Gasteiger partial charge in [0.25, 0.3) is 0 Å². The van der Waals surface area contributed by atoms with Crippen molar-refractivity contribution in [3.8, 4) is 0 Å². The zero-order chi connectivity index (χ0) is 7.40. The lowest BCUT2D eigenvalue weighted by Gasteiger charge is -2.02. The first-order valence-electron chi connectivity index (χ1n) is 3.60. The zero-order valence-corrected chi connectivity index (χ0v) is 6.22. The maximum absolute atomic E-state index is 10.4. The molecule has 0 bridgehead atoms. The Labute approximate surface area is 60.9 Å². The van der Waals surface area contributed by atoms with E-state index in [4.69, 9.17) is 4.74 Å². The van der Waals surface area contributed by atoms with Crippen LogP contribution >= 0.6 is 0 Å². The fourth-order valence-electron chi connectivity index (χ4n) is 0.967. The lowest BCUT2D eigenvalue weighted by Crippen LogP contribution is -2.02. The molecule has 56 valence electrons.